The van der Waals surface area contributed by atoms with E-state index in [4.69, 9.17) is 4.42 Å². The molecule has 114 valence electrons. The summed E-state index contributed by atoms with van der Waals surface area (Å²) in [5.41, 5.74) is -0.114. The van der Waals surface area contributed by atoms with Crippen molar-refractivity contribution in [2.75, 3.05) is 7.05 Å². The Morgan fingerprint density at radius 2 is 2.24 bits per heavy atom. The lowest BCUT2D eigenvalue weighted by Crippen LogP contribution is -2.36. The van der Waals surface area contributed by atoms with Gasteiger partial charge in [0.25, 0.3) is 5.91 Å². The van der Waals surface area contributed by atoms with Crippen LogP contribution in [0.1, 0.15) is 36.1 Å². The van der Waals surface area contributed by atoms with Gasteiger partial charge in [-0.1, -0.05) is 0 Å². The predicted octanol–water partition coefficient (Wildman–Crippen LogP) is 2.96. The summed E-state index contributed by atoms with van der Waals surface area (Å²) in [7, 11) is 1.60. The molecule has 21 heavy (non-hydrogen) atoms. The first-order valence-corrected chi connectivity index (χ1v) is 6.62. The van der Waals surface area contributed by atoms with Crippen LogP contribution in [0.4, 0.5) is 8.78 Å². The van der Waals surface area contributed by atoms with Crippen LogP contribution in [0.2, 0.25) is 0 Å². The summed E-state index contributed by atoms with van der Waals surface area (Å²) in [5, 5.41) is 3.47. The van der Waals surface area contributed by atoms with Crippen molar-refractivity contribution in [1.82, 2.24) is 14.7 Å². The van der Waals surface area contributed by atoms with Crippen LogP contribution in [0.15, 0.2) is 35.1 Å². The fourth-order valence-corrected chi connectivity index (χ4v) is 2.02. The summed E-state index contributed by atoms with van der Waals surface area (Å²) in [5.74, 6) is 0.361. The summed E-state index contributed by atoms with van der Waals surface area (Å²) in [6, 6.07) is 4.85. The highest BCUT2D eigenvalue weighted by Gasteiger charge is 2.23. The molecule has 0 aliphatic rings. The number of halogens is 2. The fraction of sp³-hybridized carbons (Fsp3) is 0.429. The molecule has 2 aromatic heterocycles. The Kier molecular flexibility index (Phi) is 4.72. The molecule has 0 spiro atoms. The van der Waals surface area contributed by atoms with E-state index in [1.54, 1.807) is 19.4 Å². The van der Waals surface area contributed by atoms with E-state index in [2.05, 4.69) is 5.10 Å². The highest BCUT2D eigenvalue weighted by Crippen LogP contribution is 2.16. The van der Waals surface area contributed by atoms with Crippen LogP contribution in [0.3, 0.4) is 0 Å². The second-order valence-electron chi connectivity index (χ2n) is 4.82. The van der Waals surface area contributed by atoms with Crippen LogP contribution in [0.25, 0.3) is 0 Å². The SMILES string of the molecule is CC(CCc1ccco1)N(C)C(=O)c1ccnn1C(F)F. The number of hydrogen-bond acceptors (Lipinski definition) is 3. The average molecular weight is 297 g/mol. The monoisotopic (exact) mass is 297 g/mol. The van der Waals surface area contributed by atoms with Crippen molar-refractivity contribution in [2.45, 2.75) is 32.4 Å². The van der Waals surface area contributed by atoms with Crippen molar-refractivity contribution in [1.29, 1.82) is 0 Å². The van der Waals surface area contributed by atoms with Gasteiger partial charge in [0.2, 0.25) is 0 Å². The molecule has 0 saturated heterocycles. The van der Waals surface area contributed by atoms with Crippen LogP contribution >= 0.6 is 0 Å². The third-order valence-electron chi connectivity index (χ3n) is 3.44. The van der Waals surface area contributed by atoms with Gasteiger partial charge in [0.15, 0.2) is 0 Å². The number of rotatable bonds is 6. The van der Waals surface area contributed by atoms with Crippen molar-refractivity contribution >= 4 is 5.91 Å². The van der Waals surface area contributed by atoms with Crippen LogP contribution in [-0.2, 0) is 6.42 Å². The molecule has 0 aliphatic heterocycles. The summed E-state index contributed by atoms with van der Waals surface area (Å²) < 4.78 is 31.1. The van der Waals surface area contributed by atoms with Crippen molar-refractivity contribution in [3.8, 4) is 0 Å². The van der Waals surface area contributed by atoms with E-state index in [0.717, 1.165) is 5.76 Å². The van der Waals surface area contributed by atoms with Gasteiger partial charge >= 0.3 is 6.55 Å². The lowest BCUT2D eigenvalue weighted by atomic mass is 10.1. The van der Waals surface area contributed by atoms with Gasteiger partial charge in [0.05, 0.1) is 6.26 Å². The Morgan fingerprint density at radius 1 is 1.48 bits per heavy atom. The summed E-state index contributed by atoms with van der Waals surface area (Å²) >= 11 is 0. The zero-order valence-electron chi connectivity index (χ0n) is 11.9. The molecule has 1 amide bonds. The van der Waals surface area contributed by atoms with E-state index >= 15 is 0 Å². The van der Waals surface area contributed by atoms with Crippen LogP contribution in [0.5, 0.6) is 0 Å². The molecule has 0 saturated carbocycles. The summed E-state index contributed by atoms with van der Waals surface area (Å²) in [6.45, 7) is -0.963. The number of aryl methyl sites for hydroxylation is 1. The van der Waals surface area contributed by atoms with E-state index < -0.39 is 12.5 Å². The van der Waals surface area contributed by atoms with Crippen molar-refractivity contribution in [3.63, 3.8) is 0 Å². The molecular formula is C14H17F2N3O2. The minimum Gasteiger partial charge on any atom is -0.469 e. The van der Waals surface area contributed by atoms with E-state index in [-0.39, 0.29) is 11.7 Å². The molecule has 0 bridgehead atoms. The first-order valence-electron chi connectivity index (χ1n) is 6.62. The molecule has 0 aliphatic carbocycles. The maximum atomic E-state index is 12.7. The van der Waals surface area contributed by atoms with Crippen LogP contribution in [0, 0.1) is 0 Å². The second-order valence-corrected chi connectivity index (χ2v) is 4.82. The highest BCUT2D eigenvalue weighted by atomic mass is 19.3. The minimum atomic E-state index is -2.83. The number of aromatic nitrogens is 2. The maximum absolute atomic E-state index is 12.7. The molecular weight excluding hydrogens is 280 g/mol. The zero-order valence-corrected chi connectivity index (χ0v) is 11.9. The Morgan fingerprint density at radius 3 is 2.86 bits per heavy atom. The number of nitrogens with zero attached hydrogens (tertiary/aromatic N) is 3. The normalized spacial score (nSPS) is 12.6. The van der Waals surface area contributed by atoms with Gasteiger partial charge in [0, 0.05) is 25.7 Å². The second kappa shape index (κ2) is 6.51. The lowest BCUT2D eigenvalue weighted by Gasteiger charge is -2.24. The van der Waals surface area contributed by atoms with Crippen molar-refractivity contribution in [3.05, 3.63) is 42.1 Å². The predicted molar refractivity (Wildman–Crippen MR) is 72.1 cm³/mol. The molecule has 0 radical (unpaired) electrons. The van der Waals surface area contributed by atoms with Gasteiger partial charge in [-0.05, 0) is 31.5 Å². The van der Waals surface area contributed by atoms with Crippen LogP contribution < -0.4 is 0 Å². The smallest absolute Gasteiger partial charge is 0.333 e. The average Bonchev–Trinajstić information content (AvgIpc) is 3.13. The van der Waals surface area contributed by atoms with Gasteiger partial charge in [-0.3, -0.25) is 4.79 Å². The van der Waals surface area contributed by atoms with Gasteiger partial charge in [-0.25, -0.2) is 0 Å². The van der Waals surface area contributed by atoms with Gasteiger partial charge in [-0.2, -0.15) is 18.6 Å². The van der Waals surface area contributed by atoms with Gasteiger partial charge < -0.3 is 9.32 Å². The molecule has 1 unspecified atom stereocenters. The minimum absolute atomic E-state index is 0.108. The molecule has 1 atom stereocenters. The zero-order chi connectivity index (χ0) is 15.4. The summed E-state index contributed by atoms with van der Waals surface area (Å²) in [6.07, 6.45) is 4.15. The Labute approximate surface area is 121 Å². The van der Waals surface area contributed by atoms with E-state index in [9.17, 15) is 13.6 Å². The number of hydrogen-bond donors (Lipinski definition) is 0. The Balaban J connectivity index is 1.99. The van der Waals surface area contributed by atoms with Crippen molar-refractivity contribution in [2.24, 2.45) is 0 Å². The molecule has 2 aromatic rings. The third kappa shape index (κ3) is 3.48. The largest absolute Gasteiger partial charge is 0.469 e. The Bertz CT molecular complexity index is 581. The number of amides is 1. The molecule has 2 rings (SSSR count). The first kappa shape index (κ1) is 15.2. The fourth-order valence-electron chi connectivity index (χ4n) is 2.02. The number of furan rings is 1. The molecule has 0 aromatic carbocycles. The van der Waals surface area contributed by atoms with E-state index in [0.29, 0.717) is 17.5 Å². The van der Waals surface area contributed by atoms with Gasteiger partial charge in [0.1, 0.15) is 11.5 Å². The van der Waals surface area contributed by atoms with Crippen molar-refractivity contribution < 1.29 is 18.0 Å². The number of carbonyl (C=O) groups is 1. The number of carbonyl (C=O) groups excluding carboxylic acids is 1. The molecule has 0 fully saturated rings. The number of alkyl halides is 2. The van der Waals surface area contributed by atoms with E-state index in [1.807, 2.05) is 13.0 Å². The topological polar surface area (TPSA) is 51.3 Å². The quantitative estimate of drug-likeness (QED) is 0.823. The maximum Gasteiger partial charge on any atom is 0.333 e. The third-order valence-corrected chi connectivity index (χ3v) is 3.44. The molecule has 7 heteroatoms. The summed E-state index contributed by atoms with van der Waals surface area (Å²) in [4.78, 5) is 13.7. The standard InChI is InChI=1S/C14H17F2N3O2/c1-10(5-6-11-4-3-9-21-11)18(2)13(20)12-7-8-17-19(12)14(15)16/h3-4,7-10,14H,5-6H2,1-2H3. The molecule has 0 N–H and O–H groups in total. The molecule has 2 heterocycles. The van der Waals surface area contributed by atoms with Gasteiger partial charge in [-0.15, -0.1) is 0 Å². The first-order chi connectivity index (χ1) is 10.0. The highest BCUT2D eigenvalue weighted by molar-refractivity contribution is 5.92. The van der Waals surface area contributed by atoms with Crippen LogP contribution in [-0.4, -0.2) is 33.7 Å². The Hall–Kier alpha value is -2.18. The molecule has 5 nitrogen and oxygen atoms in total. The lowest BCUT2D eigenvalue weighted by molar-refractivity contribution is 0.0458. The van der Waals surface area contributed by atoms with E-state index in [1.165, 1.54) is 17.2 Å².